The van der Waals surface area contributed by atoms with E-state index in [0.717, 1.165) is 22.2 Å². The summed E-state index contributed by atoms with van der Waals surface area (Å²) in [5, 5.41) is 13.0. The standard InChI is InChI=1S/C15H17N3S2/c1-2-17-15(9-16,11-7-8-11)10-19-14-18-12-5-3-4-6-13(12)20-14/h3-6,11,17H,2,7-8,10H2,1H3. The van der Waals surface area contributed by atoms with Crippen molar-refractivity contribution in [1.29, 1.82) is 5.26 Å². The molecular formula is C15H17N3S2. The average molecular weight is 303 g/mol. The lowest BCUT2D eigenvalue weighted by Gasteiger charge is -2.26. The fourth-order valence-corrected chi connectivity index (χ4v) is 4.75. The van der Waals surface area contributed by atoms with Crippen molar-refractivity contribution in [2.24, 2.45) is 5.92 Å². The molecule has 3 rings (SSSR count). The number of hydrogen-bond donors (Lipinski definition) is 1. The fraction of sp³-hybridized carbons (Fsp3) is 0.467. The predicted molar refractivity (Wildman–Crippen MR) is 85.1 cm³/mol. The van der Waals surface area contributed by atoms with E-state index in [1.165, 1.54) is 17.5 Å². The van der Waals surface area contributed by atoms with Crippen molar-refractivity contribution in [3.8, 4) is 6.07 Å². The van der Waals surface area contributed by atoms with Gasteiger partial charge in [0.15, 0.2) is 4.34 Å². The van der Waals surface area contributed by atoms with Gasteiger partial charge in [0.2, 0.25) is 0 Å². The van der Waals surface area contributed by atoms with Crippen LogP contribution >= 0.6 is 23.1 Å². The van der Waals surface area contributed by atoms with Crippen LogP contribution in [0.1, 0.15) is 19.8 Å². The Balaban J connectivity index is 1.75. The first-order chi connectivity index (χ1) is 9.77. The molecule has 20 heavy (non-hydrogen) atoms. The molecule has 0 amide bonds. The second-order valence-corrected chi connectivity index (χ2v) is 7.38. The first kappa shape index (κ1) is 13.9. The van der Waals surface area contributed by atoms with Crippen molar-refractivity contribution < 1.29 is 0 Å². The summed E-state index contributed by atoms with van der Waals surface area (Å²) in [6.07, 6.45) is 2.34. The summed E-state index contributed by atoms with van der Waals surface area (Å²) in [6, 6.07) is 10.7. The SMILES string of the molecule is CCNC(C#N)(CSc1nc2ccccc2s1)C1CC1. The van der Waals surface area contributed by atoms with Crippen LogP contribution in [0.15, 0.2) is 28.6 Å². The van der Waals surface area contributed by atoms with Crippen molar-refractivity contribution in [3.05, 3.63) is 24.3 Å². The third-order valence-electron chi connectivity index (χ3n) is 3.66. The van der Waals surface area contributed by atoms with Crippen LogP contribution in [0.3, 0.4) is 0 Å². The topological polar surface area (TPSA) is 48.7 Å². The number of nitriles is 1. The molecule has 1 aliphatic carbocycles. The summed E-state index contributed by atoms with van der Waals surface area (Å²) >= 11 is 3.42. The van der Waals surface area contributed by atoms with Crippen LogP contribution in [0.4, 0.5) is 0 Å². The summed E-state index contributed by atoms with van der Waals surface area (Å²) in [5.41, 5.74) is 0.675. The number of benzene rings is 1. The summed E-state index contributed by atoms with van der Waals surface area (Å²) in [6.45, 7) is 2.90. The molecule has 104 valence electrons. The largest absolute Gasteiger partial charge is 0.299 e. The summed E-state index contributed by atoms with van der Waals surface area (Å²) in [5.74, 6) is 1.29. The van der Waals surface area contributed by atoms with Gasteiger partial charge in [0.1, 0.15) is 5.54 Å². The van der Waals surface area contributed by atoms with E-state index in [1.807, 2.05) is 18.2 Å². The minimum absolute atomic E-state index is 0.378. The van der Waals surface area contributed by atoms with Crippen LogP contribution in [-0.4, -0.2) is 22.8 Å². The first-order valence-electron chi connectivity index (χ1n) is 6.92. The van der Waals surface area contributed by atoms with Crippen LogP contribution < -0.4 is 5.32 Å². The molecule has 1 saturated carbocycles. The van der Waals surface area contributed by atoms with Crippen LogP contribution in [0.25, 0.3) is 10.2 Å². The third-order valence-corrected chi connectivity index (χ3v) is 6.04. The van der Waals surface area contributed by atoms with Gasteiger partial charge in [-0.1, -0.05) is 30.8 Å². The lowest BCUT2D eigenvalue weighted by atomic mass is 9.98. The molecule has 3 nitrogen and oxygen atoms in total. The first-order valence-corrected chi connectivity index (χ1v) is 8.72. The van der Waals surface area contributed by atoms with Gasteiger partial charge >= 0.3 is 0 Å². The molecule has 1 fully saturated rings. The number of thioether (sulfide) groups is 1. The zero-order chi connectivity index (χ0) is 14.0. The summed E-state index contributed by atoms with van der Waals surface area (Å²) in [7, 11) is 0. The highest BCUT2D eigenvalue weighted by molar-refractivity contribution is 8.01. The molecule has 5 heteroatoms. The Morgan fingerprint density at radius 3 is 2.95 bits per heavy atom. The molecule has 0 radical (unpaired) electrons. The zero-order valence-corrected chi connectivity index (χ0v) is 13.1. The van der Waals surface area contributed by atoms with Crippen LogP contribution in [0.5, 0.6) is 0 Å². The van der Waals surface area contributed by atoms with Crippen molar-refractivity contribution in [3.63, 3.8) is 0 Å². The number of nitrogens with one attached hydrogen (secondary N) is 1. The molecule has 1 N–H and O–H groups in total. The molecule has 1 heterocycles. The quantitative estimate of drug-likeness (QED) is 0.827. The van der Waals surface area contributed by atoms with Gasteiger partial charge in [-0.05, 0) is 37.4 Å². The Hall–Kier alpha value is -1.09. The fourth-order valence-electron chi connectivity index (χ4n) is 2.46. The minimum atomic E-state index is -0.378. The molecule has 0 saturated heterocycles. The molecule has 2 aromatic rings. The number of thiazole rings is 1. The van der Waals surface area contributed by atoms with Gasteiger partial charge in [-0.3, -0.25) is 5.32 Å². The lowest BCUT2D eigenvalue weighted by Crippen LogP contribution is -2.48. The number of aromatic nitrogens is 1. The molecule has 1 aliphatic rings. The molecule has 1 unspecified atom stereocenters. The Kier molecular flexibility index (Phi) is 3.97. The van der Waals surface area contributed by atoms with Crippen molar-refractivity contribution in [2.75, 3.05) is 12.3 Å². The van der Waals surface area contributed by atoms with Crippen molar-refractivity contribution in [1.82, 2.24) is 10.3 Å². The highest BCUT2D eigenvalue weighted by atomic mass is 32.2. The van der Waals surface area contributed by atoms with Gasteiger partial charge < -0.3 is 0 Å². The Morgan fingerprint density at radius 1 is 1.50 bits per heavy atom. The molecular weight excluding hydrogens is 286 g/mol. The molecule has 0 aliphatic heterocycles. The Bertz CT molecular complexity index is 609. The van der Waals surface area contributed by atoms with E-state index in [-0.39, 0.29) is 5.54 Å². The smallest absolute Gasteiger partial charge is 0.151 e. The predicted octanol–water partition coefficient (Wildman–Crippen LogP) is 3.67. The molecule has 0 spiro atoms. The van der Waals surface area contributed by atoms with E-state index in [4.69, 9.17) is 0 Å². The zero-order valence-electron chi connectivity index (χ0n) is 11.4. The second-order valence-electron chi connectivity index (χ2n) is 5.12. The molecule has 1 aromatic carbocycles. The second kappa shape index (κ2) is 5.72. The van der Waals surface area contributed by atoms with Crippen LogP contribution in [0.2, 0.25) is 0 Å². The minimum Gasteiger partial charge on any atom is -0.299 e. The number of hydrogen-bond acceptors (Lipinski definition) is 5. The van der Waals surface area contributed by atoms with Gasteiger partial charge in [-0.25, -0.2) is 4.98 Å². The number of para-hydroxylation sites is 1. The highest BCUT2D eigenvalue weighted by Gasteiger charge is 2.45. The maximum absolute atomic E-state index is 9.59. The van der Waals surface area contributed by atoms with Gasteiger partial charge in [0.05, 0.1) is 16.3 Å². The van der Waals surface area contributed by atoms with E-state index < -0.39 is 0 Å². The van der Waals surface area contributed by atoms with Gasteiger partial charge in [0.25, 0.3) is 0 Å². The lowest BCUT2D eigenvalue weighted by molar-refractivity contribution is 0.416. The summed E-state index contributed by atoms with van der Waals surface area (Å²) in [4.78, 5) is 4.63. The number of nitrogens with zero attached hydrogens (tertiary/aromatic N) is 2. The Morgan fingerprint density at radius 2 is 2.30 bits per heavy atom. The van der Waals surface area contributed by atoms with E-state index in [1.54, 1.807) is 23.1 Å². The third kappa shape index (κ3) is 2.69. The summed E-state index contributed by atoms with van der Waals surface area (Å²) < 4.78 is 2.27. The van der Waals surface area contributed by atoms with E-state index in [0.29, 0.717) is 5.92 Å². The van der Waals surface area contributed by atoms with Gasteiger partial charge in [-0.2, -0.15) is 5.26 Å². The number of rotatable bonds is 6. The maximum atomic E-state index is 9.59. The molecule has 0 bridgehead atoms. The normalized spacial score (nSPS) is 17.8. The van der Waals surface area contributed by atoms with Crippen LogP contribution in [-0.2, 0) is 0 Å². The van der Waals surface area contributed by atoms with Crippen LogP contribution in [0, 0.1) is 17.2 Å². The highest BCUT2D eigenvalue weighted by Crippen LogP contribution is 2.42. The maximum Gasteiger partial charge on any atom is 0.151 e. The van der Waals surface area contributed by atoms with Crippen molar-refractivity contribution >= 4 is 33.3 Å². The van der Waals surface area contributed by atoms with Gasteiger partial charge in [0, 0.05) is 5.75 Å². The Labute approximate surface area is 127 Å². The van der Waals surface area contributed by atoms with E-state index >= 15 is 0 Å². The van der Waals surface area contributed by atoms with Crippen molar-refractivity contribution in [2.45, 2.75) is 29.6 Å². The average Bonchev–Trinajstić information content (AvgIpc) is 3.23. The van der Waals surface area contributed by atoms with Gasteiger partial charge in [-0.15, -0.1) is 11.3 Å². The van der Waals surface area contributed by atoms with E-state index in [2.05, 4.69) is 29.4 Å². The molecule has 1 atom stereocenters. The van der Waals surface area contributed by atoms with E-state index in [9.17, 15) is 5.26 Å². The monoisotopic (exact) mass is 303 g/mol. The molecule has 1 aromatic heterocycles. The number of fused-ring (bicyclic) bond motifs is 1.